The fraction of sp³-hybridized carbons (Fsp3) is 0.556. The highest BCUT2D eigenvalue weighted by Crippen LogP contribution is 2.34. The molecule has 1 aromatic carbocycles. The van der Waals surface area contributed by atoms with Crippen LogP contribution in [-0.2, 0) is 9.47 Å². The Kier molecular flexibility index (Phi) is 4.94. The molecule has 0 spiro atoms. The summed E-state index contributed by atoms with van der Waals surface area (Å²) < 4.78 is 11.3. The zero-order valence-corrected chi connectivity index (χ0v) is 13.4. The predicted octanol–water partition coefficient (Wildman–Crippen LogP) is 2.21. The standard InChI is InChI=1S/C18H22N2O3/c1-22-17-4-2-3-15(17)16-12-23-10-9-20(16)18(21)14-7-5-13(11-19)6-8-14/h5-8,15-17H,2-4,9-10,12H2,1H3/t15-,16+,17+/m0/s1. The number of hydrogen-bond acceptors (Lipinski definition) is 4. The number of hydrogen-bond donors (Lipinski definition) is 0. The first kappa shape index (κ1) is 16.0. The highest BCUT2D eigenvalue weighted by atomic mass is 16.5. The Bertz CT molecular complexity index is 593. The Hall–Kier alpha value is -1.90. The number of methoxy groups -OCH3 is 1. The highest BCUT2D eigenvalue weighted by Gasteiger charge is 2.40. The minimum atomic E-state index is 0.0181. The van der Waals surface area contributed by atoms with Gasteiger partial charge in [-0.05, 0) is 37.1 Å². The van der Waals surface area contributed by atoms with Gasteiger partial charge < -0.3 is 14.4 Å². The van der Waals surface area contributed by atoms with Crippen molar-refractivity contribution in [3.63, 3.8) is 0 Å². The summed E-state index contributed by atoms with van der Waals surface area (Å²) in [6.45, 7) is 1.76. The Morgan fingerprint density at radius 1 is 1.35 bits per heavy atom. The molecule has 1 aromatic rings. The topological polar surface area (TPSA) is 62.6 Å². The van der Waals surface area contributed by atoms with Gasteiger partial charge in [0.05, 0.1) is 37.0 Å². The summed E-state index contributed by atoms with van der Waals surface area (Å²) in [5.74, 6) is 0.354. The summed E-state index contributed by atoms with van der Waals surface area (Å²) in [7, 11) is 1.75. The smallest absolute Gasteiger partial charge is 0.254 e. The quantitative estimate of drug-likeness (QED) is 0.858. The fourth-order valence-corrected chi connectivity index (χ4v) is 3.77. The molecular weight excluding hydrogens is 292 g/mol. The Morgan fingerprint density at radius 2 is 2.13 bits per heavy atom. The molecule has 2 fully saturated rings. The molecule has 1 amide bonds. The molecular formula is C18H22N2O3. The van der Waals surface area contributed by atoms with Crippen LogP contribution in [-0.4, -0.2) is 49.8 Å². The van der Waals surface area contributed by atoms with Crippen molar-refractivity contribution in [1.82, 2.24) is 4.90 Å². The van der Waals surface area contributed by atoms with Crippen LogP contribution in [0.5, 0.6) is 0 Å². The highest BCUT2D eigenvalue weighted by molar-refractivity contribution is 5.94. The molecule has 1 aliphatic heterocycles. The third-order valence-electron chi connectivity index (χ3n) is 4.99. The number of ether oxygens (including phenoxy) is 2. The maximum atomic E-state index is 12.9. The molecule has 0 bridgehead atoms. The average molecular weight is 314 g/mol. The van der Waals surface area contributed by atoms with Crippen molar-refractivity contribution < 1.29 is 14.3 Å². The molecule has 0 N–H and O–H groups in total. The second kappa shape index (κ2) is 7.12. The van der Waals surface area contributed by atoms with Crippen molar-refractivity contribution in [2.24, 2.45) is 5.92 Å². The van der Waals surface area contributed by atoms with Gasteiger partial charge in [0.2, 0.25) is 0 Å². The van der Waals surface area contributed by atoms with E-state index in [9.17, 15) is 4.79 Å². The van der Waals surface area contributed by atoms with E-state index in [1.165, 1.54) is 0 Å². The molecule has 23 heavy (non-hydrogen) atoms. The van der Waals surface area contributed by atoms with E-state index in [0.717, 1.165) is 19.3 Å². The van der Waals surface area contributed by atoms with Gasteiger partial charge >= 0.3 is 0 Å². The van der Waals surface area contributed by atoms with Gasteiger partial charge in [0, 0.05) is 25.1 Å². The molecule has 1 heterocycles. The number of nitriles is 1. The van der Waals surface area contributed by atoms with Crippen molar-refractivity contribution >= 4 is 5.91 Å². The Morgan fingerprint density at radius 3 is 2.83 bits per heavy atom. The van der Waals surface area contributed by atoms with Gasteiger partial charge in [-0.1, -0.05) is 6.42 Å². The largest absolute Gasteiger partial charge is 0.381 e. The third kappa shape index (κ3) is 3.24. The van der Waals surface area contributed by atoms with Crippen LogP contribution in [0.4, 0.5) is 0 Å². The molecule has 5 heteroatoms. The Labute approximate surface area is 136 Å². The van der Waals surface area contributed by atoms with Gasteiger partial charge in [0.1, 0.15) is 0 Å². The first-order valence-corrected chi connectivity index (χ1v) is 8.16. The molecule has 1 saturated carbocycles. The number of rotatable bonds is 3. The zero-order chi connectivity index (χ0) is 16.2. The summed E-state index contributed by atoms with van der Waals surface area (Å²) >= 11 is 0. The summed E-state index contributed by atoms with van der Waals surface area (Å²) in [4.78, 5) is 14.8. The minimum Gasteiger partial charge on any atom is -0.381 e. The molecule has 1 aliphatic carbocycles. The maximum Gasteiger partial charge on any atom is 0.254 e. The average Bonchev–Trinajstić information content (AvgIpc) is 3.10. The van der Waals surface area contributed by atoms with Crippen LogP contribution >= 0.6 is 0 Å². The van der Waals surface area contributed by atoms with Gasteiger partial charge in [0.25, 0.3) is 5.91 Å². The van der Waals surface area contributed by atoms with Gasteiger partial charge in [-0.2, -0.15) is 5.26 Å². The van der Waals surface area contributed by atoms with Crippen molar-refractivity contribution in [2.75, 3.05) is 26.9 Å². The predicted molar refractivity (Wildman–Crippen MR) is 84.9 cm³/mol. The summed E-state index contributed by atoms with van der Waals surface area (Å²) in [6.07, 6.45) is 3.47. The summed E-state index contributed by atoms with van der Waals surface area (Å²) in [5, 5.41) is 8.88. The van der Waals surface area contributed by atoms with Crippen LogP contribution in [0.2, 0.25) is 0 Å². The minimum absolute atomic E-state index is 0.0181. The van der Waals surface area contributed by atoms with E-state index in [-0.39, 0.29) is 18.1 Å². The lowest BCUT2D eigenvalue weighted by molar-refractivity contribution is -0.0460. The molecule has 0 radical (unpaired) electrons. The van der Waals surface area contributed by atoms with Crippen LogP contribution in [0.25, 0.3) is 0 Å². The number of amides is 1. The van der Waals surface area contributed by atoms with Crippen LogP contribution < -0.4 is 0 Å². The van der Waals surface area contributed by atoms with E-state index in [0.29, 0.717) is 36.8 Å². The molecule has 0 unspecified atom stereocenters. The number of benzene rings is 1. The van der Waals surface area contributed by atoms with Gasteiger partial charge in [-0.25, -0.2) is 0 Å². The van der Waals surface area contributed by atoms with E-state index < -0.39 is 0 Å². The van der Waals surface area contributed by atoms with E-state index in [4.69, 9.17) is 14.7 Å². The van der Waals surface area contributed by atoms with Crippen molar-refractivity contribution in [2.45, 2.75) is 31.4 Å². The molecule has 3 atom stereocenters. The molecule has 1 saturated heterocycles. The second-order valence-corrected chi connectivity index (χ2v) is 6.20. The van der Waals surface area contributed by atoms with Crippen LogP contribution in [0.3, 0.4) is 0 Å². The van der Waals surface area contributed by atoms with E-state index >= 15 is 0 Å². The lowest BCUT2D eigenvalue weighted by atomic mass is 9.93. The van der Waals surface area contributed by atoms with Crippen molar-refractivity contribution in [3.8, 4) is 6.07 Å². The lowest BCUT2D eigenvalue weighted by Crippen LogP contribution is -2.53. The Balaban J connectivity index is 1.80. The van der Waals surface area contributed by atoms with Crippen molar-refractivity contribution in [3.05, 3.63) is 35.4 Å². The van der Waals surface area contributed by atoms with Crippen LogP contribution in [0.15, 0.2) is 24.3 Å². The molecule has 0 aromatic heterocycles. The third-order valence-corrected chi connectivity index (χ3v) is 4.99. The monoisotopic (exact) mass is 314 g/mol. The van der Waals surface area contributed by atoms with Crippen LogP contribution in [0.1, 0.15) is 35.2 Å². The summed E-state index contributed by atoms with van der Waals surface area (Å²) in [5.41, 5.74) is 1.19. The van der Waals surface area contributed by atoms with Gasteiger partial charge in [0.15, 0.2) is 0 Å². The number of carbonyl (C=O) groups is 1. The first-order valence-electron chi connectivity index (χ1n) is 8.16. The first-order chi connectivity index (χ1) is 11.2. The van der Waals surface area contributed by atoms with Crippen LogP contribution in [0, 0.1) is 17.2 Å². The summed E-state index contributed by atoms with van der Waals surface area (Å²) in [6, 6.07) is 8.99. The molecule has 122 valence electrons. The number of morpholine rings is 1. The molecule has 2 aliphatic rings. The number of carbonyl (C=O) groups excluding carboxylic acids is 1. The maximum absolute atomic E-state index is 12.9. The SMILES string of the molecule is CO[C@@H]1CCC[C@H]1[C@H]1COCCN1C(=O)c1ccc(C#N)cc1. The number of nitrogens with zero attached hydrogens (tertiary/aromatic N) is 2. The van der Waals surface area contributed by atoms with E-state index in [1.807, 2.05) is 4.90 Å². The van der Waals surface area contributed by atoms with Gasteiger partial charge in [-0.3, -0.25) is 4.79 Å². The van der Waals surface area contributed by atoms with E-state index in [1.54, 1.807) is 31.4 Å². The lowest BCUT2D eigenvalue weighted by Gasteiger charge is -2.40. The molecule has 3 rings (SSSR count). The van der Waals surface area contributed by atoms with E-state index in [2.05, 4.69) is 6.07 Å². The fourth-order valence-electron chi connectivity index (χ4n) is 3.77. The van der Waals surface area contributed by atoms with Gasteiger partial charge in [-0.15, -0.1) is 0 Å². The molecule has 5 nitrogen and oxygen atoms in total. The normalized spacial score (nSPS) is 27.7. The van der Waals surface area contributed by atoms with Crippen molar-refractivity contribution in [1.29, 1.82) is 5.26 Å². The zero-order valence-electron chi connectivity index (χ0n) is 13.4. The second-order valence-electron chi connectivity index (χ2n) is 6.20.